The predicted octanol–water partition coefficient (Wildman–Crippen LogP) is 2.31. The molecule has 0 aliphatic carbocycles. The molecule has 1 unspecified atom stereocenters. The smallest absolute Gasteiger partial charge is 0.256 e. The maximum Gasteiger partial charge on any atom is 0.256 e. The third kappa shape index (κ3) is 1.70. The summed E-state index contributed by atoms with van der Waals surface area (Å²) in [7, 11) is 0. The van der Waals surface area contributed by atoms with E-state index in [0.717, 1.165) is 25.8 Å². The van der Waals surface area contributed by atoms with Gasteiger partial charge in [-0.15, -0.1) is 0 Å². The fourth-order valence-corrected chi connectivity index (χ4v) is 3.03. The van der Waals surface area contributed by atoms with Crippen LogP contribution in [0.5, 0.6) is 0 Å². The van der Waals surface area contributed by atoms with E-state index < -0.39 is 0 Å². The number of anilines is 1. The lowest BCUT2D eigenvalue weighted by atomic mass is 10.0. The Kier molecular flexibility index (Phi) is 2.78. The maximum atomic E-state index is 12.9. The number of halogens is 1. The molecule has 5 heteroatoms. The predicted molar refractivity (Wildman–Crippen MR) is 70.8 cm³/mol. The summed E-state index contributed by atoms with van der Waals surface area (Å²) in [5, 5.41) is 0.552. The molecule has 18 heavy (non-hydrogen) atoms. The van der Waals surface area contributed by atoms with Crippen molar-refractivity contribution in [2.24, 2.45) is 0 Å². The van der Waals surface area contributed by atoms with Gasteiger partial charge in [-0.05, 0) is 55.7 Å². The summed E-state index contributed by atoms with van der Waals surface area (Å²) in [6.07, 6.45) is 2.99. The van der Waals surface area contributed by atoms with Crippen LogP contribution in [0.2, 0.25) is 0 Å². The van der Waals surface area contributed by atoms with Crippen molar-refractivity contribution in [1.29, 1.82) is 0 Å². The number of hydrogen-bond donors (Lipinski definition) is 0. The third-order valence-electron chi connectivity index (χ3n) is 3.53. The normalized spacial score (nSPS) is 23.5. The topological polar surface area (TPSA) is 23.6 Å². The van der Waals surface area contributed by atoms with Crippen LogP contribution in [-0.4, -0.2) is 28.5 Å². The maximum absolute atomic E-state index is 12.9. The van der Waals surface area contributed by atoms with Gasteiger partial charge < -0.3 is 4.90 Å². The van der Waals surface area contributed by atoms with Gasteiger partial charge in [-0.25, -0.2) is 4.39 Å². The molecule has 3 nitrogen and oxygen atoms in total. The molecule has 1 aromatic rings. The number of fused-ring (bicyclic) bond motifs is 1. The van der Waals surface area contributed by atoms with Crippen molar-refractivity contribution in [2.45, 2.75) is 25.3 Å². The fraction of sp³-hybridized carbons (Fsp3) is 0.385. The van der Waals surface area contributed by atoms with Crippen molar-refractivity contribution in [3.8, 4) is 0 Å². The lowest BCUT2D eigenvalue weighted by Crippen LogP contribution is -2.38. The lowest BCUT2D eigenvalue weighted by Gasteiger charge is -2.27. The van der Waals surface area contributed by atoms with Gasteiger partial charge in [-0.1, -0.05) is 0 Å². The molecule has 0 N–H and O–H groups in total. The van der Waals surface area contributed by atoms with Crippen LogP contribution in [0.4, 0.5) is 10.1 Å². The van der Waals surface area contributed by atoms with Crippen LogP contribution in [0, 0.1) is 5.82 Å². The molecule has 1 amide bonds. The van der Waals surface area contributed by atoms with E-state index in [2.05, 4.69) is 0 Å². The van der Waals surface area contributed by atoms with Gasteiger partial charge in [0.1, 0.15) is 11.9 Å². The van der Waals surface area contributed by atoms with E-state index in [1.807, 2.05) is 4.90 Å². The van der Waals surface area contributed by atoms with Gasteiger partial charge in [0.2, 0.25) is 0 Å². The summed E-state index contributed by atoms with van der Waals surface area (Å²) in [6.45, 7) is 0.840. The Hall–Kier alpha value is -1.49. The van der Waals surface area contributed by atoms with Gasteiger partial charge >= 0.3 is 0 Å². The van der Waals surface area contributed by atoms with Gasteiger partial charge in [-0.3, -0.25) is 9.69 Å². The molecule has 0 radical (unpaired) electrons. The van der Waals surface area contributed by atoms with Gasteiger partial charge in [0.05, 0.1) is 5.69 Å². The van der Waals surface area contributed by atoms with Gasteiger partial charge in [0, 0.05) is 6.54 Å². The molecule has 2 heterocycles. The first-order valence-electron chi connectivity index (χ1n) is 6.08. The lowest BCUT2D eigenvalue weighted by molar-refractivity contribution is -0.120. The number of carbonyl (C=O) groups excluding carboxylic acids is 1. The second kappa shape index (κ2) is 4.31. The molecule has 0 saturated carbocycles. The number of carbonyl (C=O) groups is 1. The largest absolute Gasteiger partial charge is 0.336 e. The average molecular weight is 264 g/mol. The number of hydrogen-bond acceptors (Lipinski definition) is 2. The fourth-order valence-electron chi connectivity index (χ4n) is 2.62. The molecular weight excluding hydrogens is 251 g/mol. The highest BCUT2D eigenvalue weighted by Gasteiger charge is 2.43. The minimum Gasteiger partial charge on any atom is -0.336 e. The molecule has 0 bridgehead atoms. The average Bonchev–Trinajstić information content (AvgIpc) is 2.64. The van der Waals surface area contributed by atoms with Gasteiger partial charge in [0.25, 0.3) is 5.91 Å². The van der Waals surface area contributed by atoms with Crippen molar-refractivity contribution in [1.82, 2.24) is 4.90 Å². The molecule has 2 fully saturated rings. The first kappa shape index (κ1) is 11.6. The first-order chi connectivity index (χ1) is 8.68. The van der Waals surface area contributed by atoms with Crippen molar-refractivity contribution < 1.29 is 9.18 Å². The SMILES string of the molecule is O=C1C2CCCCN2C(=S)N1c1ccc(F)cc1. The van der Waals surface area contributed by atoms with E-state index in [4.69, 9.17) is 12.2 Å². The molecule has 1 atom stereocenters. The summed E-state index contributed by atoms with van der Waals surface area (Å²) >= 11 is 5.37. The zero-order valence-electron chi connectivity index (χ0n) is 9.80. The van der Waals surface area contributed by atoms with Gasteiger partial charge in [0.15, 0.2) is 5.11 Å². The zero-order chi connectivity index (χ0) is 12.7. The number of piperidine rings is 1. The van der Waals surface area contributed by atoms with E-state index in [0.29, 0.717) is 10.8 Å². The summed E-state index contributed by atoms with van der Waals surface area (Å²) < 4.78 is 12.9. The molecule has 2 saturated heterocycles. The van der Waals surface area contributed by atoms with E-state index in [1.54, 1.807) is 12.1 Å². The minimum absolute atomic E-state index is 0.0197. The monoisotopic (exact) mass is 264 g/mol. The summed E-state index contributed by atoms with van der Waals surface area (Å²) in [5.74, 6) is -0.291. The van der Waals surface area contributed by atoms with Crippen molar-refractivity contribution in [3.63, 3.8) is 0 Å². The molecule has 94 valence electrons. The number of thiocarbonyl (C=S) groups is 1. The first-order valence-corrected chi connectivity index (χ1v) is 6.49. The summed E-state index contributed by atoms with van der Waals surface area (Å²) in [4.78, 5) is 15.9. The molecular formula is C13H13FN2OS. The standard InChI is InChI=1S/C13H13FN2OS/c14-9-4-6-10(7-5-9)16-12(17)11-3-1-2-8-15(11)13(16)18/h4-7,11H,1-3,8H2. The molecule has 1 aromatic carbocycles. The second-order valence-electron chi connectivity index (χ2n) is 4.64. The number of amides is 1. The van der Waals surface area contributed by atoms with Gasteiger partial charge in [-0.2, -0.15) is 0 Å². The highest BCUT2D eigenvalue weighted by Crippen LogP contribution is 2.30. The van der Waals surface area contributed by atoms with Crippen LogP contribution in [-0.2, 0) is 4.79 Å². The van der Waals surface area contributed by atoms with Crippen LogP contribution in [0.15, 0.2) is 24.3 Å². The Morgan fingerprint density at radius 2 is 1.94 bits per heavy atom. The van der Waals surface area contributed by atoms with Crippen molar-refractivity contribution in [2.75, 3.05) is 11.4 Å². The Balaban J connectivity index is 1.95. The molecule has 0 spiro atoms. The van der Waals surface area contributed by atoms with E-state index in [9.17, 15) is 9.18 Å². The Labute approximate surface area is 110 Å². The van der Waals surface area contributed by atoms with Crippen LogP contribution >= 0.6 is 12.2 Å². The molecule has 3 rings (SSSR count). The molecule has 2 aliphatic heterocycles. The van der Waals surface area contributed by atoms with Crippen LogP contribution in [0.3, 0.4) is 0 Å². The van der Waals surface area contributed by atoms with Crippen molar-refractivity contribution in [3.05, 3.63) is 30.1 Å². The third-order valence-corrected chi connectivity index (χ3v) is 3.95. The highest BCUT2D eigenvalue weighted by molar-refractivity contribution is 7.80. The highest BCUT2D eigenvalue weighted by atomic mass is 32.1. The summed E-state index contributed by atoms with van der Waals surface area (Å²) in [6, 6.07) is 5.78. The van der Waals surface area contributed by atoms with E-state index in [-0.39, 0.29) is 17.8 Å². The van der Waals surface area contributed by atoms with Crippen LogP contribution in [0.1, 0.15) is 19.3 Å². The number of nitrogens with zero attached hydrogens (tertiary/aromatic N) is 2. The van der Waals surface area contributed by atoms with E-state index in [1.165, 1.54) is 17.0 Å². The Bertz CT molecular complexity index is 478. The van der Waals surface area contributed by atoms with Crippen LogP contribution < -0.4 is 4.90 Å². The molecule has 0 aromatic heterocycles. The number of rotatable bonds is 1. The summed E-state index contributed by atoms with van der Waals surface area (Å²) in [5.41, 5.74) is 0.654. The second-order valence-corrected chi connectivity index (χ2v) is 5.00. The Morgan fingerprint density at radius 3 is 2.61 bits per heavy atom. The van der Waals surface area contributed by atoms with Crippen molar-refractivity contribution >= 4 is 28.9 Å². The Morgan fingerprint density at radius 1 is 1.22 bits per heavy atom. The molecule has 2 aliphatic rings. The minimum atomic E-state index is -0.311. The number of benzene rings is 1. The van der Waals surface area contributed by atoms with Crippen LogP contribution in [0.25, 0.3) is 0 Å². The van der Waals surface area contributed by atoms with E-state index >= 15 is 0 Å². The zero-order valence-corrected chi connectivity index (χ0v) is 10.6. The quantitative estimate of drug-likeness (QED) is 0.727.